The van der Waals surface area contributed by atoms with Crippen LogP contribution in [0.4, 0.5) is 0 Å². The van der Waals surface area contributed by atoms with E-state index in [1.165, 1.54) is 50.5 Å². The molecule has 1 nitrogen and oxygen atoms in total. The van der Waals surface area contributed by atoms with Crippen molar-refractivity contribution in [3.05, 3.63) is 16.3 Å². The van der Waals surface area contributed by atoms with Gasteiger partial charge in [-0.1, -0.05) is 39.5 Å². The van der Waals surface area contributed by atoms with Crippen molar-refractivity contribution >= 4 is 11.3 Å². The van der Waals surface area contributed by atoms with Crippen molar-refractivity contribution in [1.82, 2.24) is 0 Å². The second-order valence-corrected chi connectivity index (χ2v) is 5.02. The zero-order valence-electron chi connectivity index (χ0n) is 10.6. The highest BCUT2D eigenvalue weighted by atomic mass is 32.1. The molecule has 0 amide bonds. The standard InChI is InChI=1S/C14H24OS/c1-3-5-7-8-10-15-14-12-16-11-13(14)9-6-4-2/h11-12H,3-10H2,1-2H3. The molecule has 0 N–H and O–H groups in total. The van der Waals surface area contributed by atoms with E-state index in [-0.39, 0.29) is 0 Å². The third-order valence-electron chi connectivity index (χ3n) is 2.76. The number of hydrogen-bond donors (Lipinski definition) is 0. The predicted octanol–water partition coefficient (Wildman–Crippen LogP) is 5.05. The Kier molecular flexibility index (Phi) is 7.32. The molecule has 0 aliphatic heterocycles. The molecule has 0 aliphatic rings. The van der Waals surface area contributed by atoms with Gasteiger partial charge in [0, 0.05) is 10.9 Å². The zero-order chi connectivity index (χ0) is 11.6. The minimum atomic E-state index is 0.885. The van der Waals surface area contributed by atoms with Gasteiger partial charge in [0.2, 0.25) is 0 Å². The fourth-order valence-corrected chi connectivity index (χ4v) is 2.51. The lowest BCUT2D eigenvalue weighted by molar-refractivity contribution is 0.303. The van der Waals surface area contributed by atoms with Crippen LogP contribution in [-0.2, 0) is 6.42 Å². The molecule has 1 rings (SSSR count). The van der Waals surface area contributed by atoms with Crippen molar-refractivity contribution in [2.75, 3.05) is 6.61 Å². The van der Waals surface area contributed by atoms with Gasteiger partial charge in [-0.05, 0) is 24.6 Å². The average Bonchev–Trinajstić information content (AvgIpc) is 2.74. The Labute approximate surface area is 104 Å². The van der Waals surface area contributed by atoms with E-state index in [1.54, 1.807) is 11.3 Å². The molecule has 0 spiro atoms. The van der Waals surface area contributed by atoms with Crippen LogP contribution in [0.2, 0.25) is 0 Å². The summed E-state index contributed by atoms with van der Waals surface area (Å²) in [6.07, 6.45) is 8.80. The summed E-state index contributed by atoms with van der Waals surface area (Å²) < 4.78 is 5.83. The van der Waals surface area contributed by atoms with Crippen molar-refractivity contribution in [2.45, 2.75) is 58.8 Å². The Balaban J connectivity index is 2.22. The van der Waals surface area contributed by atoms with Gasteiger partial charge in [0.25, 0.3) is 0 Å². The van der Waals surface area contributed by atoms with Crippen molar-refractivity contribution in [3.8, 4) is 5.75 Å². The molecule has 1 heterocycles. The lowest BCUT2D eigenvalue weighted by Crippen LogP contribution is -1.98. The van der Waals surface area contributed by atoms with E-state index < -0.39 is 0 Å². The summed E-state index contributed by atoms with van der Waals surface area (Å²) in [5.41, 5.74) is 1.40. The molecule has 1 aromatic heterocycles. The van der Waals surface area contributed by atoms with Crippen LogP contribution >= 0.6 is 11.3 Å². The van der Waals surface area contributed by atoms with Crippen LogP contribution in [-0.4, -0.2) is 6.61 Å². The van der Waals surface area contributed by atoms with Gasteiger partial charge < -0.3 is 4.74 Å². The molecule has 0 aromatic carbocycles. The number of aryl methyl sites for hydroxylation is 1. The Hall–Kier alpha value is -0.500. The summed E-state index contributed by atoms with van der Waals surface area (Å²) in [6.45, 7) is 5.36. The summed E-state index contributed by atoms with van der Waals surface area (Å²) in [6, 6.07) is 0. The first-order valence-electron chi connectivity index (χ1n) is 6.56. The van der Waals surface area contributed by atoms with Gasteiger partial charge in [-0.25, -0.2) is 0 Å². The largest absolute Gasteiger partial charge is 0.492 e. The molecular weight excluding hydrogens is 216 g/mol. The molecule has 0 saturated heterocycles. The summed E-state index contributed by atoms with van der Waals surface area (Å²) in [5, 5.41) is 4.38. The third kappa shape index (κ3) is 5.02. The second-order valence-electron chi connectivity index (χ2n) is 4.27. The Bertz CT molecular complexity index is 267. The van der Waals surface area contributed by atoms with E-state index >= 15 is 0 Å². The quantitative estimate of drug-likeness (QED) is 0.549. The fourth-order valence-electron chi connectivity index (χ4n) is 1.70. The molecule has 0 bridgehead atoms. The minimum absolute atomic E-state index is 0.885. The predicted molar refractivity (Wildman–Crippen MR) is 72.6 cm³/mol. The van der Waals surface area contributed by atoms with E-state index in [0.717, 1.165) is 12.4 Å². The molecule has 0 atom stereocenters. The van der Waals surface area contributed by atoms with Crippen molar-refractivity contribution < 1.29 is 4.74 Å². The maximum atomic E-state index is 5.83. The van der Waals surface area contributed by atoms with Crippen LogP contribution < -0.4 is 4.74 Å². The monoisotopic (exact) mass is 240 g/mol. The zero-order valence-corrected chi connectivity index (χ0v) is 11.4. The third-order valence-corrected chi connectivity index (χ3v) is 3.53. The van der Waals surface area contributed by atoms with Crippen molar-refractivity contribution in [3.63, 3.8) is 0 Å². The number of unbranched alkanes of at least 4 members (excludes halogenated alkanes) is 4. The highest BCUT2D eigenvalue weighted by Gasteiger charge is 2.04. The molecule has 1 aromatic rings. The van der Waals surface area contributed by atoms with Gasteiger partial charge in [0.1, 0.15) is 5.75 Å². The first-order chi connectivity index (χ1) is 7.88. The topological polar surface area (TPSA) is 9.23 Å². The molecular formula is C14H24OS. The van der Waals surface area contributed by atoms with E-state index in [2.05, 4.69) is 24.6 Å². The maximum Gasteiger partial charge on any atom is 0.133 e. The number of thiophene rings is 1. The van der Waals surface area contributed by atoms with Gasteiger partial charge >= 0.3 is 0 Å². The SMILES string of the molecule is CCCCCCOc1cscc1CCCC. The molecule has 0 saturated carbocycles. The van der Waals surface area contributed by atoms with E-state index in [4.69, 9.17) is 4.74 Å². The van der Waals surface area contributed by atoms with Gasteiger partial charge in [-0.3, -0.25) is 0 Å². The lowest BCUT2D eigenvalue weighted by Gasteiger charge is -2.06. The fraction of sp³-hybridized carbons (Fsp3) is 0.714. The number of ether oxygens (including phenoxy) is 1. The molecule has 16 heavy (non-hydrogen) atoms. The smallest absolute Gasteiger partial charge is 0.133 e. The summed E-state index contributed by atoms with van der Waals surface area (Å²) in [5.74, 6) is 1.13. The first kappa shape index (κ1) is 13.6. The Morgan fingerprint density at radius 1 is 1.00 bits per heavy atom. The molecule has 92 valence electrons. The number of rotatable bonds is 9. The van der Waals surface area contributed by atoms with Crippen LogP contribution in [0.5, 0.6) is 5.75 Å². The average molecular weight is 240 g/mol. The molecule has 0 fully saturated rings. The van der Waals surface area contributed by atoms with Gasteiger partial charge in [0.05, 0.1) is 6.61 Å². The van der Waals surface area contributed by atoms with Crippen LogP contribution in [0.1, 0.15) is 57.9 Å². The second kappa shape index (κ2) is 8.63. The van der Waals surface area contributed by atoms with Crippen molar-refractivity contribution in [1.29, 1.82) is 0 Å². The molecule has 0 unspecified atom stereocenters. The normalized spacial score (nSPS) is 10.6. The Morgan fingerprint density at radius 2 is 1.81 bits per heavy atom. The van der Waals surface area contributed by atoms with E-state index in [0.29, 0.717) is 0 Å². The van der Waals surface area contributed by atoms with Crippen LogP contribution in [0.15, 0.2) is 10.8 Å². The molecule has 0 radical (unpaired) electrons. The van der Waals surface area contributed by atoms with Crippen LogP contribution in [0, 0.1) is 0 Å². The van der Waals surface area contributed by atoms with Gasteiger partial charge in [-0.15, -0.1) is 11.3 Å². The lowest BCUT2D eigenvalue weighted by atomic mass is 10.1. The highest BCUT2D eigenvalue weighted by molar-refractivity contribution is 7.08. The van der Waals surface area contributed by atoms with Gasteiger partial charge in [-0.2, -0.15) is 0 Å². The molecule has 2 heteroatoms. The van der Waals surface area contributed by atoms with Gasteiger partial charge in [0.15, 0.2) is 0 Å². The maximum absolute atomic E-state index is 5.83. The van der Waals surface area contributed by atoms with E-state index in [1.807, 2.05) is 0 Å². The van der Waals surface area contributed by atoms with Crippen molar-refractivity contribution in [2.24, 2.45) is 0 Å². The minimum Gasteiger partial charge on any atom is -0.492 e. The highest BCUT2D eigenvalue weighted by Crippen LogP contribution is 2.25. The first-order valence-corrected chi connectivity index (χ1v) is 7.50. The number of hydrogen-bond acceptors (Lipinski definition) is 2. The summed E-state index contributed by atoms with van der Waals surface area (Å²) in [4.78, 5) is 0. The Morgan fingerprint density at radius 3 is 2.56 bits per heavy atom. The summed E-state index contributed by atoms with van der Waals surface area (Å²) in [7, 11) is 0. The summed E-state index contributed by atoms with van der Waals surface area (Å²) >= 11 is 1.76. The molecule has 0 aliphatic carbocycles. The van der Waals surface area contributed by atoms with E-state index in [9.17, 15) is 0 Å². The van der Waals surface area contributed by atoms with Crippen LogP contribution in [0.3, 0.4) is 0 Å². The van der Waals surface area contributed by atoms with Crippen LogP contribution in [0.25, 0.3) is 0 Å².